The van der Waals surface area contributed by atoms with E-state index >= 15 is 0 Å². The Bertz CT molecular complexity index is 659. The van der Waals surface area contributed by atoms with Crippen LogP contribution in [0.25, 0.3) is 0 Å². The normalized spacial score (nSPS) is 14.2. The van der Waals surface area contributed by atoms with Gasteiger partial charge in [0.05, 0.1) is 0 Å². The molecule has 5 heteroatoms. The Morgan fingerprint density at radius 3 is 2.14 bits per heavy atom. The summed E-state index contributed by atoms with van der Waals surface area (Å²) in [7, 11) is 0. The van der Waals surface area contributed by atoms with Crippen molar-refractivity contribution in [3.05, 3.63) is 59.7 Å². The maximum absolute atomic E-state index is 13.6. The zero-order chi connectivity index (χ0) is 15.5. The first-order chi connectivity index (χ1) is 10.6. The number of amides is 1. The maximum atomic E-state index is 13.6. The number of hydrogen-bond acceptors (Lipinski definition) is 2. The van der Waals surface area contributed by atoms with Crippen LogP contribution in [0.2, 0.25) is 0 Å². The van der Waals surface area contributed by atoms with Crippen molar-refractivity contribution < 1.29 is 13.6 Å². The maximum Gasteiger partial charge on any atom is 0.261 e. The summed E-state index contributed by atoms with van der Waals surface area (Å²) in [5.41, 5.74) is 1.04. The lowest BCUT2D eigenvalue weighted by Gasteiger charge is -2.17. The number of anilines is 2. The molecule has 1 aliphatic heterocycles. The highest BCUT2D eigenvalue weighted by Crippen LogP contribution is 2.22. The molecule has 1 saturated heterocycles. The number of nitrogens with one attached hydrogen (secondary N) is 1. The smallest absolute Gasteiger partial charge is 0.261 e. The topological polar surface area (TPSA) is 32.3 Å². The lowest BCUT2D eigenvalue weighted by Crippen LogP contribution is -2.18. The third-order valence-corrected chi connectivity index (χ3v) is 3.79. The van der Waals surface area contributed by atoms with Gasteiger partial charge in [-0.2, -0.15) is 0 Å². The van der Waals surface area contributed by atoms with Crippen LogP contribution in [0.1, 0.15) is 23.2 Å². The molecule has 0 radical (unpaired) electrons. The molecule has 1 N–H and O–H groups in total. The predicted molar refractivity (Wildman–Crippen MR) is 82.2 cm³/mol. The molecular formula is C17H16F2N2O. The molecule has 0 atom stereocenters. The molecule has 0 bridgehead atoms. The number of halogens is 2. The number of nitrogens with zero attached hydrogens (tertiary/aromatic N) is 1. The van der Waals surface area contributed by atoms with Crippen LogP contribution in [-0.2, 0) is 0 Å². The van der Waals surface area contributed by atoms with Crippen molar-refractivity contribution >= 4 is 17.3 Å². The third kappa shape index (κ3) is 2.93. The Hall–Kier alpha value is -2.43. The summed E-state index contributed by atoms with van der Waals surface area (Å²) in [5.74, 6) is -2.53. The highest BCUT2D eigenvalue weighted by molar-refractivity contribution is 6.04. The monoisotopic (exact) mass is 302 g/mol. The van der Waals surface area contributed by atoms with E-state index in [1.807, 2.05) is 12.1 Å². The SMILES string of the molecule is O=C(Nc1ccc(N2CCCC2)cc1)c1c(F)cccc1F. The van der Waals surface area contributed by atoms with Gasteiger partial charge < -0.3 is 10.2 Å². The lowest BCUT2D eigenvalue weighted by molar-refractivity contribution is 0.101. The molecule has 1 fully saturated rings. The Morgan fingerprint density at radius 1 is 0.955 bits per heavy atom. The van der Waals surface area contributed by atoms with Crippen LogP contribution < -0.4 is 10.2 Å². The van der Waals surface area contributed by atoms with E-state index < -0.39 is 23.1 Å². The van der Waals surface area contributed by atoms with Gasteiger partial charge in [-0.25, -0.2) is 8.78 Å². The van der Waals surface area contributed by atoms with Crippen molar-refractivity contribution in [1.82, 2.24) is 0 Å². The van der Waals surface area contributed by atoms with E-state index in [1.165, 1.54) is 18.9 Å². The van der Waals surface area contributed by atoms with Gasteiger partial charge >= 0.3 is 0 Å². The van der Waals surface area contributed by atoms with Crippen LogP contribution in [0.15, 0.2) is 42.5 Å². The molecule has 0 aliphatic carbocycles. The van der Waals surface area contributed by atoms with E-state index in [0.717, 1.165) is 30.9 Å². The molecule has 1 aliphatic rings. The first kappa shape index (κ1) is 14.5. The van der Waals surface area contributed by atoms with Gasteiger partial charge in [-0.3, -0.25) is 4.79 Å². The Kier molecular flexibility index (Phi) is 4.04. The van der Waals surface area contributed by atoms with Crippen molar-refractivity contribution in [2.24, 2.45) is 0 Å². The standard InChI is InChI=1S/C17H16F2N2O/c18-14-4-3-5-15(19)16(14)17(22)20-12-6-8-13(9-7-12)21-10-1-2-11-21/h3-9H,1-2,10-11H2,(H,20,22). The Morgan fingerprint density at radius 2 is 1.55 bits per heavy atom. The number of benzene rings is 2. The summed E-state index contributed by atoms with van der Waals surface area (Å²) in [4.78, 5) is 14.3. The second kappa shape index (κ2) is 6.13. The zero-order valence-electron chi connectivity index (χ0n) is 12.0. The van der Waals surface area contributed by atoms with Crippen molar-refractivity contribution in [2.75, 3.05) is 23.3 Å². The van der Waals surface area contributed by atoms with Crippen molar-refractivity contribution in [3.8, 4) is 0 Å². The molecule has 0 unspecified atom stereocenters. The van der Waals surface area contributed by atoms with Crippen LogP contribution in [0.4, 0.5) is 20.2 Å². The second-order valence-corrected chi connectivity index (χ2v) is 5.29. The Balaban J connectivity index is 1.74. The Labute approximate surface area is 127 Å². The minimum atomic E-state index is -0.869. The second-order valence-electron chi connectivity index (χ2n) is 5.29. The quantitative estimate of drug-likeness (QED) is 0.935. The van der Waals surface area contributed by atoms with E-state index in [2.05, 4.69) is 10.2 Å². The fourth-order valence-corrected chi connectivity index (χ4v) is 2.64. The number of carbonyl (C=O) groups is 1. The molecule has 3 nitrogen and oxygen atoms in total. The van der Waals surface area contributed by atoms with Crippen molar-refractivity contribution in [3.63, 3.8) is 0 Å². The first-order valence-electron chi connectivity index (χ1n) is 7.25. The molecule has 1 heterocycles. The van der Waals surface area contributed by atoms with Crippen LogP contribution in [0.5, 0.6) is 0 Å². The number of hydrogen-bond donors (Lipinski definition) is 1. The van der Waals surface area contributed by atoms with E-state index in [9.17, 15) is 13.6 Å². The van der Waals surface area contributed by atoms with Gasteiger partial charge in [0.1, 0.15) is 17.2 Å². The van der Waals surface area contributed by atoms with E-state index in [-0.39, 0.29) is 0 Å². The highest BCUT2D eigenvalue weighted by Gasteiger charge is 2.17. The van der Waals surface area contributed by atoms with Gasteiger partial charge in [-0.1, -0.05) is 6.07 Å². The predicted octanol–water partition coefficient (Wildman–Crippen LogP) is 3.82. The van der Waals surface area contributed by atoms with Gasteiger partial charge in [0.15, 0.2) is 0 Å². The summed E-state index contributed by atoms with van der Waals surface area (Å²) in [6.07, 6.45) is 2.37. The zero-order valence-corrected chi connectivity index (χ0v) is 12.0. The highest BCUT2D eigenvalue weighted by atomic mass is 19.1. The van der Waals surface area contributed by atoms with Crippen LogP contribution in [0.3, 0.4) is 0 Å². The molecule has 0 aromatic heterocycles. The minimum absolute atomic E-state index is 0.510. The van der Waals surface area contributed by atoms with E-state index in [1.54, 1.807) is 12.1 Å². The fraction of sp³-hybridized carbons (Fsp3) is 0.235. The first-order valence-corrected chi connectivity index (χ1v) is 7.25. The average molecular weight is 302 g/mol. The number of rotatable bonds is 3. The molecule has 0 spiro atoms. The van der Waals surface area contributed by atoms with Gasteiger partial charge in [-0.15, -0.1) is 0 Å². The van der Waals surface area contributed by atoms with Crippen molar-refractivity contribution in [1.29, 1.82) is 0 Å². The summed E-state index contributed by atoms with van der Waals surface area (Å²) in [6.45, 7) is 2.07. The third-order valence-electron chi connectivity index (χ3n) is 3.79. The average Bonchev–Trinajstić information content (AvgIpc) is 3.02. The largest absolute Gasteiger partial charge is 0.372 e. The molecule has 114 valence electrons. The summed E-state index contributed by atoms with van der Waals surface area (Å²) < 4.78 is 27.1. The summed E-state index contributed by atoms with van der Waals surface area (Å²) >= 11 is 0. The van der Waals surface area contributed by atoms with Gasteiger partial charge in [-0.05, 0) is 49.2 Å². The molecule has 2 aromatic rings. The minimum Gasteiger partial charge on any atom is -0.372 e. The van der Waals surface area contributed by atoms with Crippen LogP contribution >= 0.6 is 0 Å². The fourth-order valence-electron chi connectivity index (χ4n) is 2.64. The molecular weight excluding hydrogens is 286 g/mol. The van der Waals surface area contributed by atoms with E-state index in [0.29, 0.717) is 5.69 Å². The van der Waals surface area contributed by atoms with Crippen LogP contribution in [0, 0.1) is 11.6 Å². The number of carbonyl (C=O) groups excluding carboxylic acids is 1. The van der Waals surface area contributed by atoms with Crippen LogP contribution in [-0.4, -0.2) is 19.0 Å². The van der Waals surface area contributed by atoms with Crippen molar-refractivity contribution in [2.45, 2.75) is 12.8 Å². The summed E-state index contributed by atoms with van der Waals surface area (Å²) in [5, 5.41) is 2.52. The molecule has 1 amide bonds. The van der Waals surface area contributed by atoms with Gasteiger partial charge in [0, 0.05) is 24.5 Å². The summed E-state index contributed by atoms with van der Waals surface area (Å²) in [6, 6.07) is 10.6. The lowest BCUT2D eigenvalue weighted by atomic mass is 10.1. The van der Waals surface area contributed by atoms with Gasteiger partial charge in [0.2, 0.25) is 0 Å². The molecule has 0 saturated carbocycles. The molecule has 3 rings (SSSR count). The van der Waals surface area contributed by atoms with E-state index in [4.69, 9.17) is 0 Å². The molecule has 22 heavy (non-hydrogen) atoms. The van der Waals surface area contributed by atoms with Gasteiger partial charge in [0.25, 0.3) is 5.91 Å². The molecule has 2 aromatic carbocycles.